The topological polar surface area (TPSA) is 79.3 Å². The molecule has 0 aliphatic rings. The molecule has 7 heteroatoms. The van der Waals surface area contributed by atoms with E-state index in [4.69, 9.17) is 0 Å². The Kier molecular flexibility index (Phi) is 4.18. The van der Waals surface area contributed by atoms with E-state index in [0.717, 1.165) is 16.3 Å². The lowest BCUT2D eigenvalue weighted by molar-refractivity contribution is 0.473. The van der Waals surface area contributed by atoms with E-state index < -0.39 is 10.0 Å². The summed E-state index contributed by atoms with van der Waals surface area (Å²) in [6, 6.07) is 5.55. The van der Waals surface area contributed by atoms with E-state index in [2.05, 4.69) is 9.71 Å². The first-order chi connectivity index (χ1) is 9.01. The number of phenolic OH excluding ortho intramolecular Hbond substituents is 1. The second kappa shape index (κ2) is 5.68. The first kappa shape index (κ1) is 14.0. The quantitative estimate of drug-likeness (QED) is 0.883. The maximum atomic E-state index is 12.0. The van der Waals surface area contributed by atoms with Gasteiger partial charge in [0.15, 0.2) is 0 Å². The lowest BCUT2D eigenvalue weighted by Gasteiger charge is -2.05. The highest BCUT2D eigenvalue weighted by molar-refractivity contribution is 7.89. The van der Waals surface area contributed by atoms with Crippen molar-refractivity contribution in [2.24, 2.45) is 0 Å². The Balaban J connectivity index is 2.09. The molecule has 0 amide bonds. The van der Waals surface area contributed by atoms with Gasteiger partial charge in [0.05, 0.1) is 11.4 Å². The second-order valence-electron chi connectivity index (χ2n) is 3.90. The molecule has 0 aliphatic carbocycles. The number of nitrogens with one attached hydrogen (secondary N) is 1. The molecule has 2 aromatic rings. The van der Waals surface area contributed by atoms with Crippen LogP contribution in [0, 0.1) is 0 Å². The molecule has 1 aromatic carbocycles. The van der Waals surface area contributed by atoms with Crippen LogP contribution in [-0.2, 0) is 23.0 Å². The zero-order chi connectivity index (χ0) is 13.9. The van der Waals surface area contributed by atoms with Crippen molar-refractivity contribution >= 4 is 21.4 Å². The van der Waals surface area contributed by atoms with Gasteiger partial charge in [-0.15, -0.1) is 11.3 Å². The Labute approximate surface area is 116 Å². The average molecular weight is 298 g/mol. The zero-order valence-electron chi connectivity index (χ0n) is 10.3. The number of hydrogen-bond acceptors (Lipinski definition) is 5. The minimum Gasteiger partial charge on any atom is -0.508 e. The molecule has 2 N–H and O–H groups in total. The molecule has 1 heterocycles. The molecule has 0 saturated carbocycles. The molecular formula is C12H14N2O3S2. The number of rotatable bonds is 5. The van der Waals surface area contributed by atoms with Gasteiger partial charge in [0.2, 0.25) is 10.0 Å². The van der Waals surface area contributed by atoms with Gasteiger partial charge >= 0.3 is 0 Å². The number of phenols is 1. The van der Waals surface area contributed by atoms with Crippen molar-refractivity contribution < 1.29 is 13.5 Å². The highest BCUT2D eigenvalue weighted by Crippen LogP contribution is 2.17. The van der Waals surface area contributed by atoms with Crippen molar-refractivity contribution in [3.63, 3.8) is 0 Å². The molecule has 102 valence electrons. The van der Waals surface area contributed by atoms with Gasteiger partial charge in [0, 0.05) is 11.1 Å². The van der Waals surface area contributed by atoms with Gasteiger partial charge in [-0.1, -0.05) is 13.0 Å². The van der Waals surface area contributed by atoms with Gasteiger partial charge in [0.1, 0.15) is 10.8 Å². The van der Waals surface area contributed by atoms with Crippen LogP contribution in [0.1, 0.15) is 16.8 Å². The second-order valence-corrected chi connectivity index (χ2v) is 6.86. The fourth-order valence-corrected chi connectivity index (χ4v) is 3.40. The third-order valence-corrected chi connectivity index (χ3v) is 5.03. The minimum absolute atomic E-state index is 0.0415. The summed E-state index contributed by atoms with van der Waals surface area (Å²) in [5.74, 6) is -0.0783. The highest BCUT2D eigenvalue weighted by atomic mass is 32.2. The number of benzene rings is 1. The van der Waals surface area contributed by atoms with Crippen molar-refractivity contribution in [3.05, 3.63) is 40.3 Å². The molecule has 0 aliphatic heterocycles. The van der Waals surface area contributed by atoms with Crippen molar-refractivity contribution in [2.45, 2.75) is 24.8 Å². The van der Waals surface area contributed by atoms with E-state index in [-0.39, 0.29) is 17.2 Å². The maximum absolute atomic E-state index is 12.0. The molecule has 0 unspecified atom stereocenters. The van der Waals surface area contributed by atoms with Crippen LogP contribution >= 0.6 is 11.3 Å². The van der Waals surface area contributed by atoms with E-state index in [0.29, 0.717) is 0 Å². The van der Waals surface area contributed by atoms with Gasteiger partial charge in [0.25, 0.3) is 0 Å². The molecule has 2 rings (SSSR count). The Morgan fingerprint density at radius 2 is 2.21 bits per heavy atom. The number of thiazole rings is 1. The van der Waals surface area contributed by atoms with Crippen LogP contribution in [0.5, 0.6) is 5.75 Å². The summed E-state index contributed by atoms with van der Waals surface area (Å²) < 4.78 is 26.4. The summed E-state index contributed by atoms with van der Waals surface area (Å²) >= 11 is 1.48. The molecule has 0 saturated heterocycles. The number of nitrogens with zero attached hydrogens (tertiary/aromatic N) is 1. The monoisotopic (exact) mass is 298 g/mol. The third kappa shape index (κ3) is 3.52. The molecule has 1 aromatic heterocycles. The van der Waals surface area contributed by atoms with Crippen molar-refractivity contribution in [1.82, 2.24) is 9.71 Å². The Bertz CT molecular complexity index is 665. The van der Waals surface area contributed by atoms with Crippen LogP contribution in [-0.4, -0.2) is 18.5 Å². The van der Waals surface area contributed by atoms with Gasteiger partial charge in [-0.05, 0) is 24.6 Å². The molecule has 0 atom stereocenters. The number of aryl methyl sites for hydroxylation is 1. The lowest BCUT2D eigenvalue weighted by Crippen LogP contribution is -2.23. The van der Waals surface area contributed by atoms with Gasteiger partial charge in [-0.25, -0.2) is 18.1 Å². The summed E-state index contributed by atoms with van der Waals surface area (Å²) in [7, 11) is -3.62. The maximum Gasteiger partial charge on any atom is 0.241 e. The smallest absolute Gasteiger partial charge is 0.241 e. The summed E-state index contributed by atoms with van der Waals surface area (Å²) in [4.78, 5) is 5.30. The summed E-state index contributed by atoms with van der Waals surface area (Å²) in [5, 5.41) is 10.0. The van der Waals surface area contributed by atoms with E-state index in [9.17, 15) is 13.5 Å². The predicted molar refractivity (Wildman–Crippen MR) is 73.6 cm³/mol. The first-order valence-corrected chi connectivity index (χ1v) is 8.03. The summed E-state index contributed by atoms with van der Waals surface area (Å²) in [6.45, 7) is 2.18. The Morgan fingerprint density at radius 1 is 1.42 bits per heavy atom. The Morgan fingerprint density at radius 3 is 2.84 bits per heavy atom. The third-order valence-electron chi connectivity index (χ3n) is 2.49. The molecule has 0 bridgehead atoms. The Hall–Kier alpha value is -1.44. The van der Waals surface area contributed by atoms with Crippen molar-refractivity contribution in [3.8, 4) is 5.75 Å². The van der Waals surface area contributed by atoms with Crippen LogP contribution in [0.15, 0.2) is 35.4 Å². The molecule has 19 heavy (non-hydrogen) atoms. The normalized spacial score (nSPS) is 11.6. The standard InChI is InChI=1S/C12H14N2O3S2/c1-2-10-7-13-12(18-10)8-14-19(16,17)11-5-3-4-9(15)6-11/h3-7,14-15H,2,8H2,1H3. The van der Waals surface area contributed by atoms with E-state index in [1.54, 1.807) is 6.20 Å². The first-order valence-electron chi connectivity index (χ1n) is 5.73. The van der Waals surface area contributed by atoms with Crippen LogP contribution in [0.4, 0.5) is 0 Å². The van der Waals surface area contributed by atoms with E-state index in [1.807, 2.05) is 6.92 Å². The predicted octanol–water partition coefficient (Wildman–Crippen LogP) is 1.89. The lowest BCUT2D eigenvalue weighted by atomic mass is 10.3. The van der Waals surface area contributed by atoms with Crippen LogP contribution in [0.25, 0.3) is 0 Å². The number of aromatic nitrogens is 1. The van der Waals surface area contributed by atoms with E-state index in [1.165, 1.54) is 35.6 Å². The molecular weight excluding hydrogens is 284 g/mol. The minimum atomic E-state index is -3.62. The zero-order valence-corrected chi connectivity index (χ0v) is 12.0. The van der Waals surface area contributed by atoms with Gasteiger partial charge < -0.3 is 5.11 Å². The fourth-order valence-electron chi connectivity index (χ4n) is 1.48. The van der Waals surface area contributed by atoms with Crippen molar-refractivity contribution in [1.29, 1.82) is 0 Å². The van der Waals surface area contributed by atoms with Crippen LogP contribution in [0.2, 0.25) is 0 Å². The van der Waals surface area contributed by atoms with Gasteiger partial charge in [-0.2, -0.15) is 0 Å². The van der Waals surface area contributed by atoms with Crippen LogP contribution < -0.4 is 4.72 Å². The highest BCUT2D eigenvalue weighted by Gasteiger charge is 2.14. The molecule has 0 fully saturated rings. The fraction of sp³-hybridized carbons (Fsp3) is 0.250. The molecule has 5 nitrogen and oxygen atoms in total. The van der Waals surface area contributed by atoms with Gasteiger partial charge in [-0.3, -0.25) is 0 Å². The summed E-state index contributed by atoms with van der Waals surface area (Å²) in [6.07, 6.45) is 2.64. The van der Waals surface area contributed by atoms with Crippen molar-refractivity contribution in [2.75, 3.05) is 0 Å². The number of hydrogen-bond donors (Lipinski definition) is 2. The molecule has 0 spiro atoms. The summed E-state index contributed by atoms with van der Waals surface area (Å²) in [5.41, 5.74) is 0. The van der Waals surface area contributed by atoms with E-state index >= 15 is 0 Å². The van der Waals surface area contributed by atoms with Crippen LogP contribution in [0.3, 0.4) is 0 Å². The number of aromatic hydroxyl groups is 1. The molecule has 0 radical (unpaired) electrons. The SMILES string of the molecule is CCc1cnc(CNS(=O)(=O)c2cccc(O)c2)s1. The average Bonchev–Trinajstić information content (AvgIpc) is 2.84. The number of sulfonamides is 1. The largest absolute Gasteiger partial charge is 0.508 e.